The number of carbonyl (C=O) groups is 1. The molecular formula is C12H23NOS. The van der Waals surface area contributed by atoms with E-state index in [0.717, 1.165) is 19.5 Å². The van der Waals surface area contributed by atoms with Gasteiger partial charge in [0, 0.05) is 13.1 Å². The number of nitrogens with zero attached hydrogens (tertiary/aromatic N) is 1. The Morgan fingerprint density at radius 1 is 1.53 bits per heavy atom. The molecule has 2 unspecified atom stereocenters. The highest BCUT2D eigenvalue weighted by Gasteiger charge is 2.27. The van der Waals surface area contributed by atoms with E-state index in [9.17, 15) is 4.79 Å². The van der Waals surface area contributed by atoms with Crippen LogP contribution in [0.25, 0.3) is 0 Å². The van der Waals surface area contributed by atoms with E-state index >= 15 is 0 Å². The lowest BCUT2D eigenvalue weighted by Gasteiger charge is -2.34. The van der Waals surface area contributed by atoms with Crippen molar-refractivity contribution in [3.8, 4) is 0 Å². The average Bonchev–Trinajstić information content (AvgIpc) is 2.27. The quantitative estimate of drug-likeness (QED) is 0.738. The summed E-state index contributed by atoms with van der Waals surface area (Å²) >= 11 is 4.40. The summed E-state index contributed by atoms with van der Waals surface area (Å²) in [6, 6.07) is 0. The van der Waals surface area contributed by atoms with Gasteiger partial charge in [0.15, 0.2) is 0 Å². The molecule has 15 heavy (non-hydrogen) atoms. The second-order valence-corrected chi connectivity index (χ2v) is 5.45. The van der Waals surface area contributed by atoms with Crippen LogP contribution in [0, 0.1) is 11.8 Å². The lowest BCUT2D eigenvalue weighted by molar-refractivity contribution is -0.133. The lowest BCUT2D eigenvalue weighted by atomic mass is 9.95. The van der Waals surface area contributed by atoms with Crippen LogP contribution in [0.4, 0.5) is 0 Å². The fraction of sp³-hybridized carbons (Fsp3) is 0.917. The minimum Gasteiger partial charge on any atom is -0.341 e. The first-order valence-corrected chi connectivity index (χ1v) is 6.54. The second kappa shape index (κ2) is 5.78. The van der Waals surface area contributed by atoms with Gasteiger partial charge < -0.3 is 4.90 Å². The van der Waals surface area contributed by atoms with E-state index in [1.807, 2.05) is 4.90 Å². The molecule has 1 rings (SSSR count). The molecule has 0 bridgehead atoms. The Balaban J connectivity index is 2.52. The summed E-state index contributed by atoms with van der Waals surface area (Å²) < 4.78 is 0. The predicted octanol–water partition coefficient (Wildman–Crippen LogP) is 2.59. The van der Waals surface area contributed by atoms with Crippen molar-refractivity contribution in [1.82, 2.24) is 4.90 Å². The third-order valence-corrected chi connectivity index (χ3v) is 4.11. The Labute approximate surface area is 98.8 Å². The van der Waals surface area contributed by atoms with Crippen LogP contribution in [0.1, 0.15) is 40.0 Å². The molecule has 0 saturated carbocycles. The predicted molar refractivity (Wildman–Crippen MR) is 67.2 cm³/mol. The topological polar surface area (TPSA) is 20.3 Å². The minimum absolute atomic E-state index is 0.124. The van der Waals surface area contributed by atoms with Gasteiger partial charge in [-0.15, -0.1) is 0 Å². The van der Waals surface area contributed by atoms with Crippen molar-refractivity contribution >= 4 is 18.5 Å². The molecule has 1 aliphatic heterocycles. The number of likely N-dealkylation sites (tertiary alicyclic amines) is 1. The van der Waals surface area contributed by atoms with Gasteiger partial charge in [-0.05, 0) is 24.7 Å². The maximum Gasteiger partial charge on any atom is 0.235 e. The van der Waals surface area contributed by atoms with Crippen molar-refractivity contribution in [2.24, 2.45) is 11.8 Å². The zero-order chi connectivity index (χ0) is 11.4. The van der Waals surface area contributed by atoms with Crippen LogP contribution in [-0.2, 0) is 4.79 Å². The van der Waals surface area contributed by atoms with E-state index < -0.39 is 0 Å². The molecule has 2 atom stereocenters. The van der Waals surface area contributed by atoms with Crippen molar-refractivity contribution in [2.45, 2.75) is 45.3 Å². The first kappa shape index (κ1) is 12.9. The fourth-order valence-corrected chi connectivity index (χ4v) is 2.23. The minimum atomic E-state index is -0.124. The Kier molecular flexibility index (Phi) is 4.97. The number of piperidine rings is 1. The van der Waals surface area contributed by atoms with Gasteiger partial charge in [0.2, 0.25) is 5.91 Å². The summed E-state index contributed by atoms with van der Waals surface area (Å²) in [5, 5.41) is -0.124. The highest BCUT2D eigenvalue weighted by atomic mass is 32.1. The van der Waals surface area contributed by atoms with Gasteiger partial charge in [0.25, 0.3) is 0 Å². The highest BCUT2D eigenvalue weighted by molar-refractivity contribution is 7.81. The molecule has 0 aromatic carbocycles. The molecule has 88 valence electrons. The monoisotopic (exact) mass is 229 g/mol. The summed E-state index contributed by atoms with van der Waals surface area (Å²) in [7, 11) is 0. The smallest absolute Gasteiger partial charge is 0.235 e. The van der Waals surface area contributed by atoms with E-state index in [1.54, 1.807) is 0 Å². The van der Waals surface area contributed by atoms with Gasteiger partial charge in [-0.2, -0.15) is 12.6 Å². The number of thiol groups is 1. The number of hydrogen-bond acceptors (Lipinski definition) is 2. The molecule has 1 amide bonds. The SMILES string of the molecule is CCC1CCCN(C(=O)C(S)C(C)C)C1. The zero-order valence-corrected chi connectivity index (χ0v) is 11.0. The van der Waals surface area contributed by atoms with Crippen LogP contribution in [0.15, 0.2) is 0 Å². The van der Waals surface area contributed by atoms with Crippen LogP contribution in [-0.4, -0.2) is 29.1 Å². The normalized spacial score (nSPS) is 24.3. The van der Waals surface area contributed by atoms with Crippen LogP contribution in [0.3, 0.4) is 0 Å². The van der Waals surface area contributed by atoms with Crippen LogP contribution < -0.4 is 0 Å². The van der Waals surface area contributed by atoms with Gasteiger partial charge in [-0.25, -0.2) is 0 Å². The lowest BCUT2D eigenvalue weighted by Crippen LogP contribution is -2.44. The van der Waals surface area contributed by atoms with E-state index in [4.69, 9.17) is 0 Å². The molecule has 0 aliphatic carbocycles. The molecule has 0 spiro atoms. The number of carbonyl (C=O) groups excluding carboxylic acids is 1. The number of amides is 1. The molecule has 1 aliphatic rings. The van der Waals surface area contributed by atoms with Crippen LogP contribution in [0.2, 0.25) is 0 Å². The Morgan fingerprint density at radius 3 is 2.73 bits per heavy atom. The summed E-state index contributed by atoms with van der Waals surface area (Å²) in [5.74, 6) is 1.25. The first-order chi connectivity index (χ1) is 7.06. The molecule has 2 nitrogen and oxygen atoms in total. The maximum absolute atomic E-state index is 12.1. The van der Waals surface area contributed by atoms with Gasteiger partial charge in [-0.3, -0.25) is 4.79 Å². The summed E-state index contributed by atoms with van der Waals surface area (Å²) in [5.41, 5.74) is 0. The second-order valence-electron chi connectivity index (χ2n) is 4.89. The number of hydrogen-bond donors (Lipinski definition) is 1. The summed E-state index contributed by atoms with van der Waals surface area (Å²) in [4.78, 5) is 14.1. The van der Waals surface area contributed by atoms with E-state index in [2.05, 4.69) is 33.4 Å². The maximum atomic E-state index is 12.1. The van der Waals surface area contributed by atoms with Crippen LogP contribution >= 0.6 is 12.6 Å². The van der Waals surface area contributed by atoms with E-state index in [-0.39, 0.29) is 11.2 Å². The highest BCUT2D eigenvalue weighted by Crippen LogP contribution is 2.22. The fourth-order valence-electron chi connectivity index (χ4n) is 2.07. The summed E-state index contributed by atoms with van der Waals surface area (Å²) in [6.07, 6.45) is 3.62. The van der Waals surface area contributed by atoms with Gasteiger partial charge in [0.1, 0.15) is 0 Å². The first-order valence-electron chi connectivity index (χ1n) is 6.03. The van der Waals surface area contributed by atoms with Crippen molar-refractivity contribution in [3.63, 3.8) is 0 Å². The van der Waals surface area contributed by atoms with E-state index in [1.165, 1.54) is 12.8 Å². The molecule has 0 N–H and O–H groups in total. The molecular weight excluding hydrogens is 206 g/mol. The zero-order valence-electron chi connectivity index (χ0n) is 10.1. The molecule has 1 heterocycles. The molecule has 0 aromatic heterocycles. The largest absolute Gasteiger partial charge is 0.341 e. The third kappa shape index (κ3) is 3.40. The van der Waals surface area contributed by atoms with Crippen molar-refractivity contribution in [3.05, 3.63) is 0 Å². The van der Waals surface area contributed by atoms with Gasteiger partial charge in [-0.1, -0.05) is 27.2 Å². The average molecular weight is 229 g/mol. The van der Waals surface area contributed by atoms with Crippen LogP contribution in [0.5, 0.6) is 0 Å². The van der Waals surface area contributed by atoms with Gasteiger partial charge in [0.05, 0.1) is 5.25 Å². The Bertz CT molecular complexity index is 218. The molecule has 3 heteroatoms. The van der Waals surface area contributed by atoms with E-state index in [0.29, 0.717) is 11.8 Å². The molecule has 1 fully saturated rings. The van der Waals surface area contributed by atoms with Crippen molar-refractivity contribution < 1.29 is 4.79 Å². The standard InChI is InChI=1S/C12H23NOS/c1-4-10-6-5-7-13(8-10)12(14)11(15)9(2)3/h9-11,15H,4-8H2,1-3H3. The van der Waals surface area contributed by atoms with Crippen molar-refractivity contribution in [2.75, 3.05) is 13.1 Å². The number of rotatable bonds is 3. The molecule has 0 aromatic rings. The Hall–Kier alpha value is -0.180. The van der Waals surface area contributed by atoms with Gasteiger partial charge >= 0.3 is 0 Å². The van der Waals surface area contributed by atoms with Crippen molar-refractivity contribution in [1.29, 1.82) is 0 Å². The molecule has 1 saturated heterocycles. The summed E-state index contributed by atoms with van der Waals surface area (Å²) in [6.45, 7) is 8.19. The third-order valence-electron chi connectivity index (χ3n) is 3.29. The molecule has 0 radical (unpaired) electrons. The Morgan fingerprint density at radius 2 is 2.20 bits per heavy atom.